The van der Waals surface area contributed by atoms with Gasteiger partial charge in [-0.2, -0.15) is 0 Å². The summed E-state index contributed by atoms with van der Waals surface area (Å²) in [6, 6.07) is 26.0. The maximum atomic E-state index is 11.7. The van der Waals surface area contributed by atoms with Crippen LogP contribution < -0.4 is 4.90 Å². The van der Waals surface area contributed by atoms with Crippen LogP contribution in [0, 0.1) is 0 Å². The highest BCUT2D eigenvalue weighted by atomic mass is 32.1. The number of nitrogens with zero attached hydrogens (tertiary/aromatic N) is 2. The molecule has 3 aromatic carbocycles. The van der Waals surface area contributed by atoms with Crippen molar-refractivity contribution in [3.8, 4) is 0 Å². The summed E-state index contributed by atoms with van der Waals surface area (Å²) in [6.45, 7) is 1.30. The molecule has 4 aromatic rings. The summed E-state index contributed by atoms with van der Waals surface area (Å²) in [7, 11) is 0. The zero-order chi connectivity index (χ0) is 22.5. The molecule has 0 aliphatic carbocycles. The molecular weight excluding hydrogens is 424 g/mol. The zero-order valence-corrected chi connectivity index (χ0v) is 18.0. The number of aromatic nitrogens is 1. The zero-order valence-electron chi connectivity index (χ0n) is 17.2. The molecule has 2 N–H and O–H groups in total. The van der Waals surface area contributed by atoms with Crippen molar-refractivity contribution in [2.75, 3.05) is 4.90 Å². The molecule has 162 valence electrons. The summed E-state index contributed by atoms with van der Waals surface area (Å²) in [6.07, 6.45) is -0.498. The SMILES string of the molecule is O=C(O)CC(C(=O)O)c1nc2c(N(Cc3ccccc3)Cc3ccccc3)cccc2s1. The largest absolute Gasteiger partial charge is 0.481 e. The summed E-state index contributed by atoms with van der Waals surface area (Å²) >= 11 is 1.24. The Morgan fingerprint density at radius 3 is 1.97 bits per heavy atom. The first-order valence-corrected chi connectivity index (χ1v) is 11.0. The van der Waals surface area contributed by atoms with Gasteiger partial charge in [-0.15, -0.1) is 11.3 Å². The van der Waals surface area contributed by atoms with Crippen molar-refractivity contribution in [1.29, 1.82) is 0 Å². The molecule has 0 aliphatic rings. The first-order chi connectivity index (χ1) is 15.5. The minimum Gasteiger partial charge on any atom is -0.481 e. The van der Waals surface area contributed by atoms with E-state index in [1.54, 1.807) is 0 Å². The van der Waals surface area contributed by atoms with E-state index < -0.39 is 24.3 Å². The van der Waals surface area contributed by atoms with E-state index in [9.17, 15) is 14.7 Å². The van der Waals surface area contributed by atoms with Gasteiger partial charge in [-0.3, -0.25) is 9.59 Å². The Balaban J connectivity index is 1.76. The number of para-hydroxylation sites is 1. The van der Waals surface area contributed by atoms with Gasteiger partial charge in [0, 0.05) is 13.1 Å². The molecule has 1 heterocycles. The van der Waals surface area contributed by atoms with Crippen LogP contribution in [-0.2, 0) is 22.7 Å². The van der Waals surface area contributed by atoms with Crippen molar-refractivity contribution in [3.05, 3.63) is 95.0 Å². The number of hydrogen-bond donors (Lipinski definition) is 2. The van der Waals surface area contributed by atoms with Gasteiger partial charge in [0.2, 0.25) is 0 Å². The second-order valence-electron chi connectivity index (χ2n) is 7.49. The molecule has 0 saturated carbocycles. The van der Waals surface area contributed by atoms with Crippen LogP contribution in [0.3, 0.4) is 0 Å². The van der Waals surface area contributed by atoms with Gasteiger partial charge >= 0.3 is 11.9 Å². The predicted octanol–water partition coefficient (Wildman–Crippen LogP) is 5.15. The smallest absolute Gasteiger partial charge is 0.314 e. The quantitative estimate of drug-likeness (QED) is 0.370. The fourth-order valence-corrected chi connectivity index (χ4v) is 4.73. The van der Waals surface area contributed by atoms with E-state index in [1.165, 1.54) is 11.3 Å². The number of rotatable bonds is 9. The Labute approximate surface area is 189 Å². The number of hydrogen-bond acceptors (Lipinski definition) is 5. The van der Waals surface area contributed by atoms with Crippen molar-refractivity contribution >= 4 is 39.2 Å². The normalized spacial score (nSPS) is 11.9. The third kappa shape index (κ3) is 4.95. The molecule has 6 nitrogen and oxygen atoms in total. The Morgan fingerprint density at radius 1 is 0.844 bits per heavy atom. The predicted molar refractivity (Wildman–Crippen MR) is 125 cm³/mol. The molecule has 0 fully saturated rings. The van der Waals surface area contributed by atoms with Crippen molar-refractivity contribution in [2.45, 2.75) is 25.4 Å². The van der Waals surface area contributed by atoms with Crippen LogP contribution in [0.2, 0.25) is 0 Å². The van der Waals surface area contributed by atoms with Gasteiger partial charge in [0.25, 0.3) is 0 Å². The minimum absolute atomic E-state index is 0.307. The first kappa shape index (κ1) is 21.5. The number of benzene rings is 3. The van der Waals surface area contributed by atoms with Crippen molar-refractivity contribution < 1.29 is 19.8 Å². The summed E-state index contributed by atoms with van der Waals surface area (Å²) in [5, 5.41) is 19.0. The van der Waals surface area contributed by atoms with Crippen LogP contribution >= 0.6 is 11.3 Å². The van der Waals surface area contributed by atoms with Crippen LogP contribution in [0.15, 0.2) is 78.9 Å². The highest BCUT2D eigenvalue weighted by Gasteiger charge is 2.27. The van der Waals surface area contributed by atoms with Crippen molar-refractivity contribution in [2.24, 2.45) is 0 Å². The molecule has 0 radical (unpaired) electrons. The topological polar surface area (TPSA) is 90.7 Å². The van der Waals surface area contributed by atoms with Crippen molar-refractivity contribution in [1.82, 2.24) is 4.98 Å². The van der Waals surface area contributed by atoms with Crippen LogP contribution in [0.4, 0.5) is 5.69 Å². The number of thiazole rings is 1. The third-order valence-corrected chi connectivity index (χ3v) is 6.30. The molecule has 32 heavy (non-hydrogen) atoms. The lowest BCUT2D eigenvalue weighted by Gasteiger charge is -2.25. The van der Waals surface area contributed by atoms with E-state index in [0.29, 0.717) is 23.6 Å². The maximum Gasteiger partial charge on any atom is 0.314 e. The summed E-state index contributed by atoms with van der Waals surface area (Å²) < 4.78 is 0.834. The second kappa shape index (κ2) is 9.62. The van der Waals surface area contributed by atoms with Gasteiger partial charge in [-0.25, -0.2) is 4.98 Å². The van der Waals surface area contributed by atoms with Crippen LogP contribution in [0.5, 0.6) is 0 Å². The van der Waals surface area contributed by atoms with Gasteiger partial charge in [-0.1, -0.05) is 66.7 Å². The van der Waals surface area contributed by atoms with E-state index in [-0.39, 0.29) is 0 Å². The molecule has 0 amide bonds. The van der Waals surface area contributed by atoms with Crippen LogP contribution in [0.1, 0.15) is 28.5 Å². The first-order valence-electron chi connectivity index (χ1n) is 10.2. The Morgan fingerprint density at radius 2 is 1.44 bits per heavy atom. The standard InChI is InChI=1S/C25H22N2O4S/c28-22(29)14-19(25(30)31)24-26-23-20(12-7-13-21(23)32-24)27(15-17-8-3-1-4-9-17)16-18-10-5-2-6-11-18/h1-13,19H,14-16H2,(H,28,29)(H,30,31). The molecule has 0 spiro atoms. The van der Waals surface area contributed by atoms with E-state index in [4.69, 9.17) is 5.11 Å². The minimum atomic E-state index is -1.18. The number of carbonyl (C=O) groups is 2. The van der Waals surface area contributed by atoms with Crippen LogP contribution in [0.25, 0.3) is 10.2 Å². The molecule has 1 unspecified atom stereocenters. The molecule has 4 rings (SSSR count). The summed E-state index contributed by atoms with van der Waals surface area (Å²) in [4.78, 5) is 29.7. The van der Waals surface area contributed by atoms with Crippen LogP contribution in [-0.4, -0.2) is 27.1 Å². The lowest BCUT2D eigenvalue weighted by atomic mass is 10.1. The lowest BCUT2D eigenvalue weighted by Crippen LogP contribution is -2.22. The average Bonchev–Trinajstić information content (AvgIpc) is 3.22. The van der Waals surface area contributed by atoms with Gasteiger partial charge in [-0.05, 0) is 23.3 Å². The number of carboxylic acid groups (broad SMARTS) is 2. The number of anilines is 1. The maximum absolute atomic E-state index is 11.7. The Bertz CT molecular complexity index is 1180. The summed E-state index contributed by atoms with van der Waals surface area (Å²) in [5.74, 6) is -3.51. The van der Waals surface area contributed by atoms with Gasteiger partial charge < -0.3 is 15.1 Å². The molecule has 7 heteroatoms. The fraction of sp³-hybridized carbons (Fsp3) is 0.160. The lowest BCUT2D eigenvalue weighted by molar-refractivity contribution is -0.145. The highest BCUT2D eigenvalue weighted by Crippen LogP contribution is 2.36. The van der Waals surface area contributed by atoms with E-state index >= 15 is 0 Å². The van der Waals surface area contributed by atoms with Gasteiger partial charge in [0.15, 0.2) is 0 Å². The number of aliphatic carboxylic acids is 2. The number of carboxylic acids is 2. The fourth-order valence-electron chi connectivity index (χ4n) is 3.64. The monoisotopic (exact) mass is 446 g/mol. The molecule has 1 atom stereocenters. The summed E-state index contributed by atoms with van der Waals surface area (Å²) in [5.41, 5.74) is 3.86. The Hall–Kier alpha value is -3.71. The van der Waals surface area contributed by atoms with E-state index in [1.807, 2.05) is 54.6 Å². The molecular formula is C25H22N2O4S. The van der Waals surface area contributed by atoms with Gasteiger partial charge in [0.05, 0.1) is 16.8 Å². The van der Waals surface area contributed by atoms with Gasteiger partial charge in [0.1, 0.15) is 16.4 Å². The number of fused-ring (bicyclic) bond motifs is 1. The average molecular weight is 447 g/mol. The second-order valence-corrected chi connectivity index (χ2v) is 8.55. The third-order valence-electron chi connectivity index (χ3n) is 5.16. The Kier molecular flexibility index (Phi) is 6.47. The molecule has 0 saturated heterocycles. The van der Waals surface area contributed by atoms with Crippen molar-refractivity contribution in [3.63, 3.8) is 0 Å². The highest BCUT2D eigenvalue weighted by molar-refractivity contribution is 7.18. The van der Waals surface area contributed by atoms with E-state index in [0.717, 1.165) is 21.5 Å². The molecule has 0 aliphatic heterocycles. The van der Waals surface area contributed by atoms with E-state index in [2.05, 4.69) is 34.1 Å². The molecule has 0 bridgehead atoms. The molecule has 1 aromatic heterocycles.